The third-order valence-corrected chi connectivity index (χ3v) is 4.29. The Bertz CT molecular complexity index is 719. The summed E-state index contributed by atoms with van der Waals surface area (Å²) in [5.41, 5.74) is -0.619. The minimum absolute atomic E-state index is 0.310. The van der Waals surface area contributed by atoms with Crippen molar-refractivity contribution in [2.75, 3.05) is 26.7 Å². The van der Waals surface area contributed by atoms with E-state index in [1.807, 2.05) is 0 Å². The molecule has 0 aliphatic carbocycles. The van der Waals surface area contributed by atoms with Gasteiger partial charge < -0.3 is 15.0 Å². The molecule has 1 fully saturated rings. The second-order valence-electron chi connectivity index (χ2n) is 6.05. The summed E-state index contributed by atoms with van der Waals surface area (Å²) >= 11 is 0. The SMILES string of the molecule is C=CCN(CC=C)C(=O)CN1C(=O)N[C@](C)(c2ccc(OC)cc2)C1=O. The zero-order valence-electron chi connectivity index (χ0n) is 15.0. The maximum absolute atomic E-state index is 12.9. The van der Waals surface area contributed by atoms with Crippen molar-refractivity contribution in [1.29, 1.82) is 0 Å². The lowest BCUT2D eigenvalue weighted by molar-refractivity contribution is -0.138. The van der Waals surface area contributed by atoms with Crippen molar-refractivity contribution in [2.45, 2.75) is 12.5 Å². The quantitative estimate of drug-likeness (QED) is 0.567. The van der Waals surface area contributed by atoms with Gasteiger partial charge in [0.15, 0.2) is 0 Å². The highest BCUT2D eigenvalue weighted by Crippen LogP contribution is 2.30. The number of nitrogens with one attached hydrogen (secondary N) is 1. The number of hydrogen-bond donors (Lipinski definition) is 1. The van der Waals surface area contributed by atoms with Crippen LogP contribution >= 0.6 is 0 Å². The van der Waals surface area contributed by atoms with E-state index in [4.69, 9.17) is 4.74 Å². The van der Waals surface area contributed by atoms with Crippen LogP contribution in [0.25, 0.3) is 0 Å². The van der Waals surface area contributed by atoms with Gasteiger partial charge in [0.2, 0.25) is 5.91 Å². The minimum atomic E-state index is -1.23. The van der Waals surface area contributed by atoms with Crippen LogP contribution in [-0.2, 0) is 15.1 Å². The number of carbonyl (C=O) groups excluding carboxylic acids is 3. The van der Waals surface area contributed by atoms with Crippen molar-refractivity contribution in [2.24, 2.45) is 0 Å². The normalized spacial score (nSPS) is 19.1. The Balaban J connectivity index is 2.20. The van der Waals surface area contributed by atoms with Crippen LogP contribution in [0.5, 0.6) is 5.75 Å². The van der Waals surface area contributed by atoms with Crippen molar-refractivity contribution < 1.29 is 19.1 Å². The second kappa shape index (κ2) is 7.86. The van der Waals surface area contributed by atoms with Gasteiger partial charge in [-0.1, -0.05) is 24.3 Å². The minimum Gasteiger partial charge on any atom is -0.497 e. The van der Waals surface area contributed by atoms with E-state index >= 15 is 0 Å². The van der Waals surface area contributed by atoms with Gasteiger partial charge in [0.25, 0.3) is 5.91 Å². The van der Waals surface area contributed by atoms with Gasteiger partial charge in [-0.25, -0.2) is 4.79 Å². The summed E-state index contributed by atoms with van der Waals surface area (Å²) in [4.78, 5) is 40.0. The topological polar surface area (TPSA) is 79.0 Å². The number of rotatable bonds is 8. The van der Waals surface area contributed by atoms with Gasteiger partial charge in [0, 0.05) is 13.1 Å². The number of imide groups is 1. The molecule has 138 valence electrons. The van der Waals surface area contributed by atoms with Gasteiger partial charge in [-0.15, -0.1) is 13.2 Å². The summed E-state index contributed by atoms with van der Waals surface area (Å²) in [6.45, 7) is 9.11. The number of amides is 4. The highest BCUT2D eigenvalue weighted by atomic mass is 16.5. The molecule has 0 aromatic heterocycles. The molecular formula is C19H23N3O4. The molecular weight excluding hydrogens is 334 g/mol. The largest absolute Gasteiger partial charge is 0.497 e. The number of hydrogen-bond acceptors (Lipinski definition) is 4. The molecule has 26 heavy (non-hydrogen) atoms. The molecule has 0 radical (unpaired) electrons. The Hall–Kier alpha value is -3.09. The highest BCUT2D eigenvalue weighted by Gasteiger charge is 2.49. The van der Waals surface area contributed by atoms with E-state index in [2.05, 4.69) is 18.5 Å². The first-order valence-electron chi connectivity index (χ1n) is 8.15. The smallest absolute Gasteiger partial charge is 0.325 e. The average Bonchev–Trinajstić information content (AvgIpc) is 2.85. The molecule has 7 heteroatoms. The first-order valence-corrected chi connectivity index (χ1v) is 8.15. The van der Waals surface area contributed by atoms with Gasteiger partial charge >= 0.3 is 6.03 Å². The monoisotopic (exact) mass is 357 g/mol. The van der Waals surface area contributed by atoms with Crippen LogP contribution in [0.2, 0.25) is 0 Å². The molecule has 0 spiro atoms. The Morgan fingerprint density at radius 3 is 2.31 bits per heavy atom. The van der Waals surface area contributed by atoms with Gasteiger partial charge in [-0.2, -0.15) is 0 Å². The molecule has 0 unspecified atom stereocenters. The van der Waals surface area contributed by atoms with E-state index in [1.165, 1.54) is 4.90 Å². The molecule has 1 aliphatic heterocycles. The van der Waals surface area contributed by atoms with Crippen LogP contribution < -0.4 is 10.1 Å². The number of methoxy groups -OCH3 is 1. The van der Waals surface area contributed by atoms with E-state index in [9.17, 15) is 14.4 Å². The van der Waals surface area contributed by atoms with Crippen LogP contribution in [0.4, 0.5) is 4.79 Å². The van der Waals surface area contributed by atoms with Crippen molar-refractivity contribution >= 4 is 17.8 Å². The maximum Gasteiger partial charge on any atom is 0.325 e. The van der Waals surface area contributed by atoms with Crippen LogP contribution in [0, 0.1) is 0 Å². The van der Waals surface area contributed by atoms with E-state index in [-0.39, 0.29) is 12.5 Å². The summed E-state index contributed by atoms with van der Waals surface area (Å²) in [6.07, 6.45) is 3.16. The predicted octanol–water partition coefficient (Wildman–Crippen LogP) is 1.66. The average molecular weight is 357 g/mol. The zero-order chi connectivity index (χ0) is 19.3. The molecule has 1 saturated heterocycles. The van der Waals surface area contributed by atoms with Gasteiger partial charge in [0.1, 0.15) is 17.8 Å². The number of urea groups is 1. The standard InChI is InChI=1S/C19H23N3O4/c1-5-11-21(12-6-2)16(23)13-22-17(24)19(3,20-18(22)25)14-7-9-15(26-4)10-8-14/h5-10H,1-2,11-13H2,3-4H3,(H,20,25)/t19-/m1/s1. The lowest BCUT2D eigenvalue weighted by Gasteiger charge is -2.24. The fraction of sp³-hybridized carbons (Fsp3) is 0.316. The molecule has 7 nitrogen and oxygen atoms in total. The number of carbonyl (C=O) groups is 3. The van der Waals surface area contributed by atoms with E-state index < -0.39 is 17.5 Å². The molecule has 1 aromatic rings. The van der Waals surface area contributed by atoms with Gasteiger partial charge in [-0.05, 0) is 24.6 Å². The molecule has 1 atom stereocenters. The third-order valence-electron chi connectivity index (χ3n) is 4.29. The summed E-state index contributed by atoms with van der Waals surface area (Å²) < 4.78 is 5.11. The van der Waals surface area contributed by atoms with Crippen LogP contribution in [0.15, 0.2) is 49.6 Å². The lowest BCUT2D eigenvalue weighted by atomic mass is 9.92. The fourth-order valence-electron chi connectivity index (χ4n) is 2.79. The van der Waals surface area contributed by atoms with Crippen LogP contribution in [0.3, 0.4) is 0 Å². The first kappa shape index (κ1) is 19.2. The fourth-order valence-corrected chi connectivity index (χ4v) is 2.79. The lowest BCUT2D eigenvalue weighted by Crippen LogP contribution is -2.44. The molecule has 1 aromatic carbocycles. The first-order chi connectivity index (χ1) is 12.4. The zero-order valence-corrected chi connectivity index (χ0v) is 15.0. The Labute approximate surface area is 152 Å². The highest BCUT2D eigenvalue weighted by molar-refractivity contribution is 6.09. The van der Waals surface area contributed by atoms with Gasteiger partial charge in [-0.3, -0.25) is 14.5 Å². The van der Waals surface area contributed by atoms with Crippen LogP contribution in [-0.4, -0.2) is 54.4 Å². The summed E-state index contributed by atoms with van der Waals surface area (Å²) in [5.74, 6) is -0.184. The van der Waals surface area contributed by atoms with E-state index in [0.29, 0.717) is 24.4 Å². The van der Waals surface area contributed by atoms with E-state index in [1.54, 1.807) is 50.5 Å². The Kier molecular flexibility index (Phi) is 5.82. The van der Waals surface area contributed by atoms with Crippen molar-refractivity contribution in [3.05, 3.63) is 55.1 Å². The molecule has 0 saturated carbocycles. The third kappa shape index (κ3) is 3.61. The summed E-state index contributed by atoms with van der Waals surface area (Å²) in [7, 11) is 1.55. The van der Waals surface area contributed by atoms with Crippen LogP contribution in [0.1, 0.15) is 12.5 Å². The molecule has 2 rings (SSSR count). The molecule has 1 aliphatic rings. The number of nitrogens with zero attached hydrogens (tertiary/aromatic N) is 2. The van der Waals surface area contributed by atoms with Crippen molar-refractivity contribution in [1.82, 2.24) is 15.1 Å². The summed E-state index contributed by atoms with van der Waals surface area (Å²) in [5, 5.41) is 2.68. The van der Waals surface area contributed by atoms with Crippen molar-refractivity contribution in [3.63, 3.8) is 0 Å². The van der Waals surface area contributed by atoms with Crippen molar-refractivity contribution in [3.8, 4) is 5.75 Å². The molecule has 4 amide bonds. The summed E-state index contributed by atoms with van der Waals surface area (Å²) in [6, 6.07) is 6.25. The van der Waals surface area contributed by atoms with Gasteiger partial charge in [0.05, 0.1) is 7.11 Å². The number of benzene rings is 1. The predicted molar refractivity (Wildman–Crippen MR) is 97.6 cm³/mol. The molecule has 0 bridgehead atoms. The molecule has 1 heterocycles. The molecule has 1 N–H and O–H groups in total. The second-order valence-corrected chi connectivity index (χ2v) is 6.05. The van der Waals surface area contributed by atoms with E-state index in [0.717, 1.165) is 4.90 Å². The Morgan fingerprint density at radius 1 is 1.23 bits per heavy atom. The number of ether oxygens (including phenoxy) is 1. The maximum atomic E-state index is 12.9. The Morgan fingerprint density at radius 2 is 1.81 bits per heavy atom.